The Morgan fingerprint density at radius 3 is 2.64 bits per heavy atom. The molecule has 0 spiro atoms. The standard InChI is InChI=1S/C15H19Cl2N3O.ClH/c16-12-1-2-13(17)14(5-12)19-15(21)3-4-20-8-10-6-18-7-11(10)9-20;/h1-2,5,10-11,18H,3-4,6-9H2,(H,19,21);1H/t10-,11+;. The number of carbonyl (C=O) groups is 1. The number of rotatable bonds is 4. The van der Waals surface area contributed by atoms with Crippen LogP contribution >= 0.6 is 35.6 Å². The molecule has 4 nitrogen and oxygen atoms in total. The zero-order valence-corrected chi connectivity index (χ0v) is 14.5. The summed E-state index contributed by atoms with van der Waals surface area (Å²) < 4.78 is 0. The summed E-state index contributed by atoms with van der Waals surface area (Å²) in [4.78, 5) is 14.4. The molecule has 1 aromatic rings. The fourth-order valence-corrected chi connectivity index (χ4v) is 3.54. The predicted octanol–water partition coefficient (Wildman–Crippen LogP) is 2.90. The van der Waals surface area contributed by atoms with Crippen LogP contribution in [0.25, 0.3) is 0 Å². The van der Waals surface area contributed by atoms with Gasteiger partial charge in [-0.2, -0.15) is 0 Å². The summed E-state index contributed by atoms with van der Waals surface area (Å²) in [5.41, 5.74) is 0.580. The monoisotopic (exact) mass is 363 g/mol. The van der Waals surface area contributed by atoms with Gasteiger partial charge in [-0.15, -0.1) is 12.4 Å². The van der Waals surface area contributed by atoms with Gasteiger partial charge in [0.05, 0.1) is 10.7 Å². The molecular weight excluding hydrogens is 345 g/mol. The minimum atomic E-state index is -0.0191. The lowest BCUT2D eigenvalue weighted by Gasteiger charge is -2.16. The SMILES string of the molecule is Cl.O=C(CCN1C[C@H]2CNC[C@H]2C1)Nc1cc(Cl)ccc1Cl. The lowest BCUT2D eigenvalue weighted by atomic mass is 10.0. The minimum absolute atomic E-state index is 0. The number of hydrogen-bond donors (Lipinski definition) is 2. The smallest absolute Gasteiger partial charge is 0.225 e. The summed E-state index contributed by atoms with van der Waals surface area (Å²) in [5.74, 6) is 1.50. The van der Waals surface area contributed by atoms with Crippen LogP contribution in [0.1, 0.15) is 6.42 Å². The first kappa shape index (κ1) is 17.8. The molecule has 1 aromatic carbocycles. The van der Waals surface area contributed by atoms with E-state index in [1.54, 1.807) is 18.2 Å². The second-order valence-electron chi connectivity index (χ2n) is 5.86. The van der Waals surface area contributed by atoms with Crippen molar-refractivity contribution in [3.8, 4) is 0 Å². The highest BCUT2D eigenvalue weighted by atomic mass is 35.5. The van der Waals surface area contributed by atoms with E-state index in [1.807, 2.05) is 0 Å². The van der Waals surface area contributed by atoms with Crippen LogP contribution < -0.4 is 10.6 Å². The molecule has 3 rings (SSSR count). The molecule has 7 heteroatoms. The van der Waals surface area contributed by atoms with Crippen molar-refractivity contribution in [3.63, 3.8) is 0 Å². The van der Waals surface area contributed by atoms with Gasteiger partial charge in [-0.25, -0.2) is 0 Å². The zero-order valence-electron chi connectivity index (χ0n) is 12.1. The average Bonchev–Trinajstić information content (AvgIpc) is 3.01. The van der Waals surface area contributed by atoms with Gasteiger partial charge in [0.1, 0.15) is 0 Å². The maximum atomic E-state index is 12.0. The third kappa shape index (κ3) is 4.27. The first-order valence-electron chi connectivity index (χ1n) is 7.30. The third-order valence-electron chi connectivity index (χ3n) is 4.32. The molecule has 0 saturated carbocycles. The third-order valence-corrected chi connectivity index (χ3v) is 4.89. The van der Waals surface area contributed by atoms with E-state index in [4.69, 9.17) is 23.2 Å². The van der Waals surface area contributed by atoms with Gasteiger partial charge in [0.2, 0.25) is 5.91 Å². The number of likely N-dealkylation sites (tertiary alicyclic amines) is 1. The summed E-state index contributed by atoms with van der Waals surface area (Å²) >= 11 is 12.0. The Morgan fingerprint density at radius 1 is 1.27 bits per heavy atom. The molecule has 2 N–H and O–H groups in total. The van der Waals surface area contributed by atoms with Crippen LogP contribution in [0.3, 0.4) is 0 Å². The van der Waals surface area contributed by atoms with E-state index >= 15 is 0 Å². The van der Waals surface area contributed by atoms with Crippen LogP contribution in [-0.4, -0.2) is 43.5 Å². The van der Waals surface area contributed by atoms with E-state index in [0.29, 0.717) is 22.2 Å². The van der Waals surface area contributed by atoms with E-state index in [2.05, 4.69) is 15.5 Å². The van der Waals surface area contributed by atoms with Gasteiger partial charge in [-0.3, -0.25) is 4.79 Å². The van der Waals surface area contributed by atoms with Gasteiger partial charge >= 0.3 is 0 Å². The number of amides is 1. The molecule has 0 aliphatic carbocycles. The molecule has 0 aromatic heterocycles. The molecule has 0 unspecified atom stereocenters. The Balaban J connectivity index is 0.00000176. The summed E-state index contributed by atoms with van der Waals surface area (Å²) in [6.45, 7) is 5.24. The fraction of sp³-hybridized carbons (Fsp3) is 0.533. The van der Waals surface area contributed by atoms with Gasteiger partial charge in [0.15, 0.2) is 0 Å². The Labute approximate surface area is 146 Å². The van der Waals surface area contributed by atoms with E-state index in [0.717, 1.165) is 44.6 Å². The van der Waals surface area contributed by atoms with E-state index in [9.17, 15) is 4.79 Å². The number of nitrogens with zero attached hydrogens (tertiary/aromatic N) is 1. The molecule has 1 amide bonds. The summed E-state index contributed by atoms with van der Waals surface area (Å²) in [5, 5.41) is 7.33. The van der Waals surface area contributed by atoms with Crippen molar-refractivity contribution in [2.24, 2.45) is 11.8 Å². The van der Waals surface area contributed by atoms with Crippen molar-refractivity contribution in [2.45, 2.75) is 6.42 Å². The second kappa shape index (κ2) is 7.84. The number of anilines is 1. The van der Waals surface area contributed by atoms with Crippen LogP contribution in [0.5, 0.6) is 0 Å². The molecule has 2 aliphatic rings. The van der Waals surface area contributed by atoms with Gasteiger partial charge in [0.25, 0.3) is 0 Å². The fourth-order valence-electron chi connectivity index (χ4n) is 3.20. The molecule has 2 fully saturated rings. The lowest BCUT2D eigenvalue weighted by Crippen LogP contribution is -2.29. The first-order chi connectivity index (χ1) is 10.1. The summed E-state index contributed by atoms with van der Waals surface area (Å²) in [7, 11) is 0. The van der Waals surface area contributed by atoms with E-state index < -0.39 is 0 Å². The Bertz CT molecular complexity index is 529. The maximum Gasteiger partial charge on any atom is 0.225 e. The molecule has 0 radical (unpaired) electrons. The maximum absolute atomic E-state index is 12.0. The van der Waals surface area contributed by atoms with Crippen molar-refractivity contribution < 1.29 is 4.79 Å². The number of halogens is 3. The zero-order chi connectivity index (χ0) is 14.8. The number of fused-ring (bicyclic) bond motifs is 1. The van der Waals surface area contributed by atoms with Crippen LogP contribution in [-0.2, 0) is 4.79 Å². The molecule has 2 aliphatic heterocycles. The molecule has 22 heavy (non-hydrogen) atoms. The highest BCUT2D eigenvalue weighted by molar-refractivity contribution is 6.35. The van der Waals surface area contributed by atoms with Crippen molar-refractivity contribution >= 4 is 47.2 Å². The number of nitrogens with one attached hydrogen (secondary N) is 2. The second-order valence-corrected chi connectivity index (χ2v) is 6.70. The van der Waals surface area contributed by atoms with Crippen LogP contribution in [0, 0.1) is 11.8 Å². The van der Waals surface area contributed by atoms with Gasteiger partial charge in [-0.05, 0) is 43.1 Å². The normalized spacial score (nSPS) is 23.9. The molecule has 2 heterocycles. The minimum Gasteiger partial charge on any atom is -0.325 e. The Morgan fingerprint density at radius 2 is 1.95 bits per heavy atom. The molecule has 0 bridgehead atoms. The number of benzene rings is 1. The Hall–Kier alpha value is -0.520. The van der Waals surface area contributed by atoms with Crippen LogP contribution in [0.2, 0.25) is 10.0 Å². The van der Waals surface area contributed by atoms with Gasteiger partial charge in [-0.1, -0.05) is 23.2 Å². The summed E-state index contributed by atoms with van der Waals surface area (Å²) in [6, 6.07) is 5.07. The lowest BCUT2D eigenvalue weighted by molar-refractivity contribution is -0.116. The predicted molar refractivity (Wildman–Crippen MR) is 93.2 cm³/mol. The van der Waals surface area contributed by atoms with Gasteiger partial charge in [0, 0.05) is 31.1 Å². The van der Waals surface area contributed by atoms with E-state index in [1.165, 1.54) is 0 Å². The quantitative estimate of drug-likeness (QED) is 0.863. The van der Waals surface area contributed by atoms with Crippen molar-refractivity contribution in [1.29, 1.82) is 0 Å². The first-order valence-corrected chi connectivity index (χ1v) is 8.05. The average molecular weight is 365 g/mol. The van der Waals surface area contributed by atoms with Crippen molar-refractivity contribution in [1.82, 2.24) is 10.2 Å². The molecule has 2 atom stereocenters. The number of carbonyl (C=O) groups excluding carboxylic acids is 1. The summed E-state index contributed by atoms with van der Waals surface area (Å²) in [6.07, 6.45) is 0.482. The largest absolute Gasteiger partial charge is 0.325 e. The molecule has 2 saturated heterocycles. The van der Waals surface area contributed by atoms with Crippen molar-refractivity contribution in [3.05, 3.63) is 28.2 Å². The van der Waals surface area contributed by atoms with Crippen molar-refractivity contribution in [2.75, 3.05) is 38.0 Å². The highest BCUT2D eigenvalue weighted by Crippen LogP contribution is 2.27. The molecular formula is C15H20Cl3N3O. The number of hydrogen-bond acceptors (Lipinski definition) is 3. The van der Waals surface area contributed by atoms with E-state index in [-0.39, 0.29) is 18.3 Å². The van der Waals surface area contributed by atoms with Crippen LogP contribution in [0.4, 0.5) is 5.69 Å². The van der Waals surface area contributed by atoms with Crippen LogP contribution in [0.15, 0.2) is 18.2 Å². The molecule has 122 valence electrons. The highest BCUT2D eigenvalue weighted by Gasteiger charge is 2.35. The topological polar surface area (TPSA) is 44.4 Å². The Kier molecular flexibility index (Phi) is 6.36. The van der Waals surface area contributed by atoms with Gasteiger partial charge < -0.3 is 15.5 Å².